The third-order valence-electron chi connectivity index (χ3n) is 4.42. The van der Waals surface area contributed by atoms with E-state index < -0.39 is 0 Å². The summed E-state index contributed by atoms with van der Waals surface area (Å²) in [6.07, 6.45) is 1.90. The number of anilines is 1. The molecule has 2 aromatic rings. The van der Waals surface area contributed by atoms with Crippen molar-refractivity contribution in [3.8, 4) is 0 Å². The highest BCUT2D eigenvalue weighted by Crippen LogP contribution is 2.33. The van der Waals surface area contributed by atoms with Gasteiger partial charge in [-0.25, -0.2) is 0 Å². The lowest BCUT2D eigenvalue weighted by molar-refractivity contribution is -0.122. The van der Waals surface area contributed by atoms with Gasteiger partial charge in [-0.2, -0.15) is 0 Å². The monoisotopic (exact) mass is 430 g/mol. The summed E-state index contributed by atoms with van der Waals surface area (Å²) in [6, 6.07) is 13.1. The highest BCUT2D eigenvalue weighted by atomic mass is 35.5. The van der Waals surface area contributed by atoms with Gasteiger partial charge in [0.05, 0.1) is 4.91 Å². The van der Waals surface area contributed by atoms with Crippen molar-refractivity contribution in [2.24, 2.45) is 0 Å². The van der Waals surface area contributed by atoms with Crippen LogP contribution in [0, 0.1) is 13.8 Å². The fourth-order valence-corrected chi connectivity index (χ4v) is 4.17. The number of halogens is 1. The third-order valence-corrected chi connectivity index (χ3v) is 6.14. The van der Waals surface area contributed by atoms with Crippen molar-refractivity contribution >= 4 is 63.5 Å². The first-order valence-corrected chi connectivity index (χ1v) is 10.3. The maximum absolute atomic E-state index is 12.7. The van der Waals surface area contributed by atoms with E-state index in [0.29, 0.717) is 14.2 Å². The molecule has 1 saturated heterocycles. The van der Waals surface area contributed by atoms with E-state index in [4.69, 9.17) is 23.8 Å². The lowest BCUT2D eigenvalue weighted by Crippen LogP contribution is -2.31. The first kappa shape index (κ1) is 20.6. The van der Waals surface area contributed by atoms with E-state index in [9.17, 15) is 9.59 Å². The third kappa shape index (κ3) is 4.82. The minimum atomic E-state index is -0.200. The van der Waals surface area contributed by atoms with Crippen LogP contribution in [0.4, 0.5) is 5.69 Å². The highest BCUT2D eigenvalue weighted by molar-refractivity contribution is 8.26. The summed E-state index contributed by atoms with van der Waals surface area (Å²) in [5, 5.41) is 3.43. The van der Waals surface area contributed by atoms with Crippen LogP contribution in [0.5, 0.6) is 0 Å². The second-order valence-electron chi connectivity index (χ2n) is 6.45. The average Bonchev–Trinajstić information content (AvgIpc) is 2.91. The summed E-state index contributed by atoms with van der Waals surface area (Å²) in [4.78, 5) is 26.9. The highest BCUT2D eigenvalue weighted by Gasteiger charge is 2.32. The van der Waals surface area contributed by atoms with Crippen LogP contribution in [0.25, 0.3) is 6.08 Å². The Morgan fingerprint density at radius 1 is 1.21 bits per heavy atom. The number of amides is 2. The maximum Gasteiger partial charge on any atom is 0.266 e. The van der Waals surface area contributed by atoms with E-state index in [0.717, 1.165) is 16.8 Å². The molecule has 0 unspecified atom stereocenters. The van der Waals surface area contributed by atoms with Crippen molar-refractivity contribution in [3.05, 3.63) is 69.1 Å². The first-order chi connectivity index (χ1) is 13.3. The van der Waals surface area contributed by atoms with Crippen LogP contribution in [0.1, 0.15) is 23.1 Å². The molecule has 1 fully saturated rings. The molecule has 0 aliphatic carbocycles. The molecule has 1 aliphatic rings. The number of nitrogens with zero attached hydrogens (tertiary/aromatic N) is 1. The molecule has 0 aromatic heterocycles. The first-order valence-electron chi connectivity index (χ1n) is 8.72. The molecule has 1 aliphatic heterocycles. The Balaban J connectivity index is 1.62. The Morgan fingerprint density at radius 3 is 2.68 bits per heavy atom. The summed E-state index contributed by atoms with van der Waals surface area (Å²) in [6.45, 7) is 4.25. The van der Waals surface area contributed by atoms with Crippen molar-refractivity contribution in [1.82, 2.24) is 4.90 Å². The van der Waals surface area contributed by atoms with Crippen LogP contribution in [0.3, 0.4) is 0 Å². The molecule has 2 aromatic carbocycles. The number of carbonyl (C=O) groups is 2. The van der Waals surface area contributed by atoms with Crippen LogP contribution < -0.4 is 5.32 Å². The van der Waals surface area contributed by atoms with E-state index in [1.54, 1.807) is 12.1 Å². The SMILES string of the molecule is Cc1ccc(NC(=O)CCN2C(=O)/C(=C/c3ccccc3Cl)SC2=S)cc1C. The fourth-order valence-electron chi connectivity index (χ4n) is 2.68. The van der Waals surface area contributed by atoms with Crippen molar-refractivity contribution < 1.29 is 9.59 Å². The Kier molecular flexibility index (Phi) is 6.54. The summed E-state index contributed by atoms with van der Waals surface area (Å²) in [5.74, 6) is -0.360. The summed E-state index contributed by atoms with van der Waals surface area (Å²) < 4.78 is 0.447. The normalized spacial score (nSPS) is 15.4. The van der Waals surface area contributed by atoms with Gasteiger partial charge < -0.3 is 5.32 Å². The van der Waals surface area contributed by atoms with Gasteiger partial charge in [0.2, 0.25) is 5.91 Å². The Labute approximate surface area is 178 Å². The quantitative estimate of drug-likeness (QED) is 0.524. The van der Waals surface area contributed by atoms with Gasteiger partial charge in [-0.3, -0.25) is 14.5 Å². The summed E-state index contributed by atoms with van der Waals surface area (Å²) >= 11 is 12.7. The largest absolute Gasteiger partial charge is 0.326 e. The maximum atomic E-state index is 12.7. The van der Waals surface area contributed by atoms with E-state index in [1.807, 2.05) is 50.2 Å². The molecular formula is C21H19ClN2O2S2. The van der Waals surface area contributed by atoms with Crippen LogP contribution in [-0.4, -0.2) is 27.6 Å². The molecule has 3 rings (SSSR count). The Bertz CT molecular complexity index is 988. The fraction of sp³-hybridized carbons (Fsp3) is 0.190. The Morgan fingerprint density at radius 2 is 1.96 bits per heavy atom. The van der Waals surface area contributed by atoms with E-state index in [2.05, 4.69) is 5.32 Å². The van der Waals surface area contributed by atoms with Gasteiger partial charge in [-0.1, -0.05) is 59.8 Å². The van der Waals surface area contributed by atoms with Crippen LogP contribution >= 0.6 is 35.6 Å². The van der Waals surface area contributed by atoms with E-state index in [1.165, 1.54) is 22.2 Å². The van der Waals surface area contributed by atoms with Gasteiger partial charge in [0, 0.05) is 23.7 Å². The molecule has 0 spiro atoms. The number of nitrogens with one attached hydrogen (secondary N) is 1. The second kappa shape index (κ2) is 8.90. The Hall–Kier alpha value is -2.15. The van der Waals surface area contributed by atoms with Crippen LogP contribution in [0.2, 0.25) is 5.02 Å². The molecule has 2 amide bonds. The topological polar surface area (TPSA) is 49.4 Å². The zero-order valence-electron chi connectivity index (χ0n) is 15.5. The second-order valence-corrected chi connectivity index (χ2v) is 8.54. The number of thiocarbonyl (C=S) groups is 1. The molecule has 0 radical (unpaired) electrons. The van der Waals surface area contributed by atoms with Gasteiger partial charge in [0.1, 0.15) is 4.32 Å². The number of aryl methyl sites for hydroxylation is 2. The molecule has 28 heavy (non-hydrogen) atoms. The lowest BCUT2D eigenvalue weighted by Gasteiger charge is -2.14. The zero-order chi connectivity index (χ0) is 20.3. The molecule has 0 atom stereocenters. The molecule has 0 saturated carbocycles. The smallest absolute Gasteiger partial charge is 0.266 e. The van der Waals surface area contributed by atoms with Gasteiger partial charge in [0.15, 0.2) is 0 Å². The van der Waals surface area contributed by atoms with Crippen molar-refractivity contribution in [3.63, 3.8) is 0 Å². The molecule has 1 N–H and O–H groups in total. The number of hydrogen-bond acceptors (Lipinski definition) is 4. The minimum Gasteiger partial charge on any atom is -0.326 e. The predicted octanol–water partition coefficient (Wildman–Crippen LogP) is 5.19. The molecule has 4 nitrogen and oxygen atoms in total. The zero-order valence-corrected chi connectivity index (χ0v) is 17.9. The summed E-state index contributed by atoms with van der Waals surface area (Å²) in [5.41, 5.74) is 3.79. The average molecular weight is 431 g/mol. The molecule has 7 heteroatoms. The molecule has 144 valence electrons. The van der Waals surface area contributed by atoms with E-state index in [-0.39, 0.29) is 24.8 Å². The standard InChI is InChI=1S/C21H19ClN2O2S2/c1-13-7-8-16(11-14(13)2)23-19(25)9-10-24-20(26)18(28-21(24)27)12-15-5-3-4-6-17(15)22/h3-8,11-12H,9-10H2,1-2H3,(H,23,25)/b18-12-. The van der Waals surface area contributed by atoms with E-state index >= 15 is 0 Å². The number of rotatable bonds is 5. The van der Waals surface area contributed by atoms with Gasteiger partial charge in [-0.05, 0) is 54.8 Å². The van der Waals surface area contributed by atoms with Crippen molar-refractivity contribution in [2.45, 2.75) is 20.3 Å². The minimum absolute atomic E-state index is 0.160. The number of benzene rings is 2. The molecule has 0 bridgehead atoms. The van der Waals surface area contributed by atoms with Crippen molar-refractivity contribution in [1.29, 1.82) is 0 Å². The van der Waals surface area contributed by atoms with Gasteiger partial charge in [-0.15, -0.1) is 0 Å². The number of hydrogen-bond donors (Lipinski definition) is 1. The van der Waals surface area contributed by atoms with Crippen molar-refractivity contribution in [2.75, 3.05) is 11.9 Å². The van der Waals surface area contributed by atoms with Crippen LogP contribution in [-0.2, 0) is 9.59 Å². The number of carbonyl (C=O) groups excluding carboxylic acids is 2. The van der Waals surface area contributed by atoms with Gasteiger partial charge >= 0.3 is 0 Å². The molecule has 1 heterocycles. The predicted molar refractivity (Wildman–Crippen MR) is 120 cm³/mol. The van der Waals surface area contributed by atoms with Gasteiger partial charge in [0.25, 0.3) is 5.91 Å². The number of thioether (sulfide) groups is 1. The molecular weight excluding hydrogens is 412 g/mol. The van der Waals surface area contributed by atoms with Crippen LogP contribution in [0.15, 0.2) is 47.4 Å². The lowest BCUT2D eigenvalue weighted by atomic mass is 10.1. The summed E-state index contributed by atoms with van der Waals surface area (Å²) in [7, 11) is 0.